The Morgan fingerprint density at radius 2 is 2.00 bits per heavy atom. The normalized spacial score (nSPS) is 10.5. The summed E-state index contributed by atoms with van der Waals surface area (Å²) in [5, 5.41) is 16.6. The summed E-state index contributed by atoms with van der Waals surface area (Å²) >= 11 is 1.56. The first-order valence-corrected chi connectivity index (χ1v) is 8.91. The lowest BCUT2D eigenvalue weighted by Gasteiger charge is -2.05. The fraction of sp³-hybridized carbons (Fsp3) is 0.158. The van der Waals surface area contributed by atoms with Crippen LogP contribution in [0.15, 0.2) is 53.9 Å². The predicted molar refractivity (Wildman–Crippen MR) is 100 cm³/mol. The third-order valence-corrected chi connectivity index (χ3v) is 4.78. The van der Waals surface area contributed by atoms with Crippen LogP contribution in [0.2, 0.25) is 0 Å². The second-order valence-corrected chi connectivity index (χ2v) is 6.78. The van der Waals surface area contributed by atoms with E-state index in [-0.39, 0.29) is 11.6 Å². The maximum absolute atomic E-state index is 12.2. The quantitative estimate of drug-likeness (QED) is 0.529. The van der Waals surface area contributed by atoms with Crippen molar-refractivity contribution in [1.29, 1.82) is 0 Å². The molecular formula is C19H17N3O3S. The van der Waals surface area contributed by atoms with Gasteiger partial charge in [0.05, 0.1) is 22.2 Å². The topological polar surface area (TPSA) is 85.1 Å². The Morgan fingerprint density at radius 3 is 2.69 bits per heavy atom. The zero-order valence-electron chi connectivity index (χ0n) is 14.1. The van der Waals surface area contributed by atoms with Crippen LogP contribution >= 0.6 is 11.3 Å². The van der Waals surface area contributed by atoms with Gasteiger partial charge in [-0.25, -0.2) is 4.98 Å². The van der Waals surface area contributed by atoms with E-state index in [1.165, 1.54) is 23.8 Å². The van der Waals surface area contributed by atoms with Crippen LogP contribution in [0.25, 0.3) is 0 Å². The van der Waals surface area contributed by atoms with Gasteiger partial charge in [0.2, 0.25) is 0 Å². The van der Waals surface area contributed by atoms with Gasteiger partial charge in [0.25, 0.3) is 11.6 Å². The number of carbonyl (C=O) groups is 1. The van der Waals surface area contributed by atoms with E-state index in [0.29, 0.717) is 17.7 Å². The van der Waals surface area contributed by atoms with Crippen molar-refractivity contribution in [2.75, 3.05) is 0 Å². The average Bonchev–Trinajstić information content (AvgIpc) is 3.07. The Labute approximate surface area is 154 Å². The molecule has 1 amide bonds. The summed E-state index contributed by atoms with van der Waals surface area (Å²) in [6, 6.07) is 14.4. The van der Waals surface area contributed by atoms with Crippen molar-refractivity contribution in [3.8, 4) is 0 Å². The van der Waals surface area contributed by atoms with Gasteiger partial charge in [-0.15, -0.1) is 11.3 Å². The van der Waals surface area contributed by atoms with Gasteiger partial charge in [0.1, 0.15) is 0 Å². The molecule has 0 aliphatic carbocycles. The number of nitrogens with zero attached hydrogens (tertiary/aromatic N) is 2. The molecule has 3 aromatic rings. The maximum Gasteiger partial charge on any atom is 0.272 e. The number of nitro benzene ring substituents is 1. The van der Waals surface area contributed by atoms with Crippen molar-refractivity contribution in [2.45, 2.75) is 19.9 Å². The van der Waals surface area contributed by atoms with Crippen molar-refractivity contribution in [3.05, 3.63) is 91.4 Å². The number of aryl methyl sites for hydroxylation is 1. The molecule has 1 heterocycles. The number of rotatable bonds is 6. The van der Waals surface area contributed by atoms with E-state index in [0.717, 1.165) is 17.1 Å². The van der Waals surface area contributed by atoms with Gasteiger partial charge in [-0.2, -0.15) is 0 Å². The summed E-state index contributed by atoms with van der Waals surface area (Å²) < 4.78 is 0. The van der Waals surface area contributed by atoms with Crippen molar-refractivity contribution in [3.63, 3.8) is 0 Å². The van der Waals surface area contributed by atoms with E-state index in [1.54, 1.807) is 18.3 Å². The Bertz CT molecular complexity index is 938. The van der Waals surface area contributed by atoms with Gasteiger partial charge >= 0.3 is 0 Å². The molecule has 132 valence electrons. The monoisotopic (exact) mass is 367 g/mol. The van der Waals surface area contributed by atoms with Crippen molar-refractivity contribution >= 4 is 22.9 Å². The van der Waals surface area contributed by atoms with Gasteiger partial charge in [0, 0.05) is 29.0 Å². The molecule has 0 saturated carbocycles. The summed E-state index contributed by atoms with van der Waals surface area (Å²) in [4.78, 5) is 27.2. The zero-order valence-corrected chi connectivity index (χ0v) is 15.0. The summed E-state index contributed by atoms with van der Waals surface area (Å²) in [7, 11) is 0. The largest absolute Gasteiger partial charge is 0.346 e. The predicted octanol–water partition coefficient (Wildman–Crippen LogP) is 3.88. The molecule has 3 rings (SSSR count). The van der Waals surface area contributed by atoms with Gasteiger partial charge in [0.15, 0.2) is 0 Å². The molecule has 0 aliphatic heterocycles. The number of nitro groups is 1. The first kappa shape index (κ1) is 17.8. The van der Waals surface area contributed by atoms with Crippen molar-refractivity contribution in [2.24, 2.45) is 0 Å². The Morgan fingerprint density at radius 1 is 1.23 bits per heavy atom. The maximum atomic E-state index is 12.2. The molecule has 0 aliphatic rings. The minimum atomic E-state index is -0.458. The molecule has 0 fully saturated rings. The third kappa shape index (κ3) is 4.31. The number of aromatic nitrogens is 1. The van der Waals surface area contributed by atoms with E-state index in [1.807, 2.05) is 23.6 Å². The fourth-order valence-corrected chi connectivity index (χ4v) is 3.38. The zero-order chi connectivity index (χ0) is 18.5. The number of nitrogens with one attached hydrogen (secondary N) is 1. The minimum absolute atomic E-state index is 0.00612. The number of amides is 1. The van der Waals surface area contributed by atoms with Crippen LogP contribution in [0.3, 0.4) is 0 Å². The van der Waals surface area contributed by atoms with Crippen LogP contribution in [0.4, 0.5) is 5.69 Å². The standard InChI is InChI=1S/C19H17N3O3S/c1-13-9-15(7-8-17(13)22(24)25)19(23)20-11-16-12-26-18(21-16)10-14-5-3-2-4-6-14/h2-9,12H,10-11H2,1H3,(H,20,23). The molecule has 0 bridgehead atoms. The van der Waals surface area contributed by atoms with Crippen LogP contribution in [0.5, 0.6) is 0 Å². The number of thiazole rings is 1. The Kier molecular flexibility index (Phi) is 5.38. The van der Waals surface area contributed by atoms with Crippen LogP contribution < -0.4 is 5.32 Å². The molecule has 6 nitrogen and oxygen atoms in total. The van der Waals surface area contributed by atoms with Gasteiger partial charge in [-0.05, 0) is 24.6 Å². The highest BCUT2D eigenvalue weighted by Crippen LogP contribution is 2.19. The molecule has 0 unspecified atom stereocenters. The van der Waals surface area contributed by atoms with E-state index >= 15 is 0 Å². The van der Waals surface area contributed by atoms with Gasteiger partial charge < -0.3 is 5.32 Å². The van der Waals surface area contributed by atoms with Gasteiger partial charge in [-0.1, -0.05) is 30.3 Å². The van der Waals surface area contributed by atoms with E-state index in [9.17, 15) is 14.9 Å². The van der Waals surface area contributed by atoms with Crippen molar-refractivity contribution < 1.29 is 9.72 Å². The number of benzene rings is 2. The number of carbonyl (C=O) groups excluding carboxylic acids is 1. The molecule has 26 heavy (non-hydrogen) atoms. The molecule has 7 heteroatoms. The van der Waals surface area contributed by atoms with Crippen LogP contribution in [0.1, 0.15) is 32.2 Å². The molecule has 2 aromatic carbocycles. The van der Waals surface area contributed by atoms with Crippen molar-refractivity contribution in [1.82, 2.24) is 10.3 Å². The lowest BCUT2D eigenvalue weighted by atomic mass is 10.1. The smallest absolute Gasteiger partial charge is 0.272 e. The van der Waals surface area contributed by atoms with Crippen LogP contribution in [-0.2, 0) is 13.0 Å². The highest BCUT2D eigenvalue weighted by Gasteiger charge is 2.14. The molecule has 1 N–H and O–H groups in total. The number of hydrogen-bond donors (Lipinski definition) is 1. The first-order chi connectivity index (χ1) is 12.5. The highest BCUT2D eigenvalue weighted by atomic mass is 32.1. The molecular weight excluding hydrogens is 350 g/mol. The Hall–Kier alpha value is -3.06. The van der Waals surface area contributed by atoms with Gasteiger partial charge in [-0.3, -0.25) is 14.9 Å². The lowest BCUT2D eigenvalue weighted by molar-refractivity contribution is -0.385. The number of hydrogen-bond acceptors (Lipinski definition) is 5. The second-order valence-electron chi connectivity index (χ2n) is 5.84. The molecule has 0 radical (unpaired) electrons. The van der Waals surface area contributed by atoms with Crippen LogP contribution in [-0.4, -0.2) is 15.8 Å². The molecule has 0 saturated heterocycles. The summed E-state index contributed by atoms with van der Waals surface area (Å²) in [5.74, 6) is -0.277. The SMILES string of the molecule is Cc1cc(C(=O)NCc2csc(Cc3ccccc3)n2)ccc1[N+](=O)[O-]. The van der Waals surface area contributed by atoms with E-state index in [4.69, 9.17) is 0 Å². The van der Waals surface area contributed by atoms with E-state index < -0.39 is 4.92 Å². The molecule has 1 aromatic heterocycles. The first-order valence-electron chi connectivity index (χ1n) is 8.03. The molecule has 0 spiro atoms. The van der Waals surface area contributed by atoms with E-state index in [2.05, 4.69) is 22.4 Å². The highest BCUT2D eigenvalue weighted by molar-refractivity contribution is 7.09. The lowest BCUT2D eigenvalue weighted by Crippen LogP contribution is -2.23. The third-order valence-electron chi connectivity index (χ3n) is 3.88. The summed E-state index contributed by atoms with van der Waals surface area (Å²) in [6.45, 7) is 1.94. The minimum Gasteiger partial charge on any atom is -0.346 e. The fourth-order valence-electron chi connectivity index (χ4n) is 2.56. The Balaban J connectivity index is 1.60. The summed E-state index contributed by atoms with van der Waals surface area (Å²) in [5.41, 5.74) is 2.85. The average molecular weight is 367 g/mol. The second kappa shape index (κ2) is 7.88. The summed E-state index contributed by atoms with van der Waals surface area (Å²) in [6.07, 6.45) is 0.765. The molecule has 0 atom stereocenters. The van der Waals surface area contributed by atoms with Crippen LogP contribution in [0, 0.1) is 17.0 Å².